The Hall–Kier alpha value is -3.94. The van der Waals surface area contributed by atoms with Crippen molar-refractivity contribution in [2.45, 2.75) is 13.0 Å². The van der Waals surface area contributed by atoms with Crippen LogP contribution in [0.2, 0.25) is 0 Å². The summed E-state index contributed by atoms with van der Waals surface area (Å²) < 4.78 is 9.22. The van der Waals surface area contributed by atoms with Gasteiger partial charge in [-0.3, -0.25) is 4.98 Å². The molecular weight excluding hydrogens is 366 g/mol. The van der Waals surface area contributed by atoms with E-state index in [9.17, 15) is 0 Å². The molecule has 29 heavy (non-hydrogen) atoms. The van der Waals surface area contributed by atoms with Gasteiger partial charge < -0.3 is 10.1 Å². The Labute approximate surface area is 166 Å². The van der Waals surface area contributed by atoms with Crippen LogP contribution < -0.4 is 10.1 Å². The van der Waals surface area contributed by atoms with Crippen LogP contribution in [0.5, 0.6) is 5.88 Å². The molecule has 0 saturated carbocycles. The molecule has 1 N–H and O–H groups in total. The van der Waals surface area contributed by atoms with Crippen LogP contribution in [0.15, 0.2) is 67.3 Å². The van der Waals surface area contributed by atoms with Crippen molar-refractivity contribution < 1.29 is 4.74 Å². The smallest absolute Gasteiger partial charge is 0.244 e. The molecule has 5 aromatic rings. The molecule has 0 saturated heterocycles. The summed E-state index contributed by atoms with van der Waals surface area (Å²) in [5.41, 5.74) is 4.79. The van der Waals surface area contributed by atoms with Crippen LogP contribution >= 0.6 is 0 Å². The van der Waals surface area contributed by atoms with Crippen molar-refractivity contribution in [3.05, 3.63) is 72.9 Å². The van der Waals surface area contributed by atoms with Crippen LogP contribution in [-0.4, -0.2) is 36.3 Å². The SMILES string of the molecule is COc1nc(N[C@H](C)c2ccccn2)nn2ccc(-c3ccn4nccc4c3)c12. The van der Waals surface area contributed by atoms with E-state index in [0.29, 0.717) is 11.8 Å². The molecule has 0 aliphatic rings. The van der Waals surface area contributed by atoms with Crippen LogP contribution in [-0.2, 0) is 0 Å². The first-order valence-electron chi connectivity index (χ1n) is 9.27. The van der Waals surface area contributed by atoms with E-state index in [1.54, 1.807) is 24.0 Å². The van der Waals surface area contributed by atoms with Crippen molar-refractivity contribution >= 4 is 17.0 Å². The van der Waals surface area contributed by atoms with Crippen LogP contribution in [0, 0.1) is 0 Å². The first kappa shape index (κ1) is 17.2. The summed E-state index contributed by atoms with van der Waals surface area (Å²) in [6, 6.07) is 13.9. The lowest BCUT2D eigenvalue weighted by molar-refractivity contribution is 0.399. The molecule has 1 atom stereocenters. The van der Waals surface area contributed by atoms with E-state index in [0.717, 1.165) is 27.9 Å². The van der Waals surface area contributed by atoms with E-state index in [1.807, 2.05) is 60.2 Å². The van der Waals surface area contributed by atoms with Gasteiger partial charge in [-0.15, -0.1) is 5.10 Å². The average molecular weight is 385 g/mol. The first-order chi connectivity index (χ1) is 14.2. The zero-order chi connectivity index (χ0) is 19.8. The van der Waals surface area contributed by atoms with Crippen molar-refractivity contribution in [1.82, 2.24) is 29.2 Å². The minimum Gasteiger partial charge on any atom is -0.479 e. The molecule has 0 spiro atoms. The van der Waals surface area contributed by atoms with Gasteiger partial charge in [0.2, 0.25) is 11.8 Å². The minimum absolute atomic E-state index is 0.0438. The highest BCUT2D eigenvalue weighted by Crippen LogP contribution is 2.32. The molecule has 5 heterocycles. The zero-order valence-electron chi connectivity index (χ0n) is 16.0. The summed E-state index contributed by atoms with van der Waals surface area (Å²) in [5.74, 6) is 0.977. The number of anilines is 1. The van der Waals surface area contributed by atoms with Gasteiger partial charge in [-0.1, -0.05) is 6.07 Å². The first-order valence-corrected chi connectivity index (χ1v) is 9.27. The monoisotopic (exact) mass is 385 g/mol. The Morgan fingerprint density at radius 1 is 1.03 bits per heavy atom. The molecule has 0 fully saturated rings. The number of aromatic nitrogens is 6. The van der Waals surface area contributed by atoms with E-state index in [1.165, 1.54) is 0 Å². The number of methoxy groups -OCH3 is 1. The molecular formula is C21H19N7O. The number of fused-ring (bicyclic) bond motifs is 2. The highest BCUT2D eigenvalue weighted by molar-refractivity contribution is 5.85. The second kappa shape index (κ2) is 6.90. The van der Waals surface area contributed by atoms with Crippen molar-refractivity contribution in [2.24, 2.45) is 0 Å². The largest absolute Gasteiger partial charge is 0.479 e. The van der Waals surface area contributed by atoms with Crippen molar-refractivity contribution in [2.75, 3.05) is 12.4 Å². The molecule has 5 aromatic heterocycles. The Bertz CT molecular complexity index is 1290. The fourth-order valence-corrected chi connectivity index (χ4v) is 3.42. The van der Waals surface area contributed by atoms with Gasteiger partial charge >= 0.3 is 0 Å². The third-order valence-electron chi connectivity index (χ3n) is 4.86. The van der Waals surface area contributed by atoms with E-state index in [-0.39, 0.29) is 6.04 Å². The lowest BCUT2D eigenvalue weighted by atomic mass is 10.1. The maximum absolute atomic E-state index is 5.60. The number of pyridine rings is 2. The molecule has 5 rings (SSSR count). The molecule has 144 valence electrons. The van der Waals surface area contributed by atoms with Gasteiger partial charge in [-0.25, -0.2) is 9.03 Å². The lowest BCUT2D eigenvalue weighted by Crippen LogP contribution is -2.13. The number of hydrogen-bond acceptors (Lipinski definition) is 6. The maximum Gasteiger partial charge on any atom is 0.244 e. The average Bonchev–Trinajstić information content (AvgIpc) is 3.40. The molecule has 0 amide bonds. The Kier molecular flexibility index (Phi) is 4.09. The third kappa shape index (κ3) is 3.04. The summed E-state index contributed by atoms with van der Waals surface area (Å²) in [6.07, 6.45) is 7.40. The Morgan fingerprint density at radius 3 is 2.76 bits per heavy atom. The number of hydrogen-bond donors (Lipinski definition) is 1. The fourth-order valence-electron chi connectivity index (χ4n) is 3.42. The van der Waals surface area contributed by atoms with Crippen molar-refractivity contribution in [3.8, 4) is 17.0 Å². The molecule has 8 heteroatoms. The number of nitrogens with zero attached hydrogens (tertiary/aromatic N) is 6. The van der Waals surface area contributed by atoms with Gasteiger partial charge in [0.1, 0.15) is 5.52 Å². The predicted octanol–water partition coefficient (Wildman–Crippen LogP) is 3.62. The second-order valence-corrected chi connectivity index (χ2v) is 6.70. The van der Waals surface area contributed by atoms with E-state index < -0.39 is 0 Å². The van der Waals surface area contributed by atoms with Gasteiger partial charge in [0.15, 0.2) is 0 Å². The lowest BCUT2D eigenvalue weighted by Gasteiger charge is -2.14. The van der Waals surface area contributed by atoms with E-state index in [4.69, 9.17) is 4.74 Å². The van der Waals surface area contributed by atoms with Gasteiger partial charge in [0.05, 0.1) is 24.4 Å². The third-order valence-corrected chi connectivity index (χ3v) is 4.86. The second-order valence-electron chi connectivity index (χ2n) is 6.70. The summed E-state index contributed by atoms with van der Waals surface area (Å²) in [5, 5.41) is 12.2. The van der Waals surface area contributed by atoms with Crippen molar-refractivity contribution in [3.63, 3.8) is 0 Å². The zero-order valence-corrected chi connectivity index (χ0v) is 16.0. The summed E-state index contributed by atoms with van der Waals surface area (Å²) >= 11 is 0. The molecule has 0 aromatic carbocycles. The molecule has 0 aliphatic carbocycles. The molecule has 0 bridgehead atoms. The number of ether oxygens (including phenoxy) is 1. The Balaban J connectivity index is 1.55. The van der Waals surface area contributed by atoms with Crippen LogP contribution in [0.4, 0.5) is 5.95 Å². The molecule has 0 unspecified atom stereocenters. The fraction of sp³-hybridized carbons (Fsp3) is 0.143. The van der Waals surface area contributed by atoms with E-state index >= 15 is 0 Å². The normalized spacial score (nSPS) is 12.3. The molecule has 0 aliphatic heterocycles. The predicted molar refractivity (Wildman–Crippen MR) is 110 cm³/mol. The summed E-state index contributed by atoms with van der Waals surface area (Å²) in [7, 11) is 1.62. The van der Waals surface area contributed by atoms with Gasteiger partial charge in [-0.05, 0) is 48.9 Å². The van der Waals surface area contributed by atoms with Crippen molar-refractivity contribution in [1.29, 1.82) is 0 Å². The summed E-state index contributed by atoms with van der Waals surface area (Å²) in [4.78, 5) is 8.97. The standard InChI is InChI=1S/C21H19N7O/c1-14(18-5-3-4-9-22-18)24-21-25-20(29-2)19-17(8-12-28(19)26-21)15-7-11-27-16(13-15)6-10-23-27/h3-14H,1-2H3,(H,24,26)/t14-/m1/s1. The van der Waals surface area contributed by atoms with Gasteiger partial charge in [0, 0.05) is 30.4 Å². The molecule has 0 radical (unpaired) electrons. The highest BCUT2D eigenvalue weighted by Gasteiger charge is 2.17. The van der Waals surface area contributed by atoms with E-state index in [2.05, 4.69) is 31.5 Å². The Morgan fingerprint density at radius 2 is 1.93 bits per heavy atom. The highest BCUT2D eigenvalue weighted by atomic mass is 16.5. The minimum atomic E-state index is -0.0438. The number of rotatable bonds is 5. The maximum atomic E-state index is 5.60. The quantitative estimate of drug-likeness (QED) is 0.498. The number of nitrogens with one attached hydrogen (secondary N) is 1. The van der Waals surface area contributed by atoms with Crippen LogP contribution in [0.3, 0.4) is 0 Å². The van der Waals surface area contributed by atoms with Gasteiger partial charge in [0.25, 0.3) is 0 Å². The van der Waals surface area contributed by atoms with Crippen LogP contribution in [0.25, 0.3) is 22.2 Å². The molecule has 8 nitrogen and oxygen atoms in total. The van der Waals surface area contributed by atoms with Crippen LogP contribution in [0.1, 0.15) is 18.7 Å². The van der Waals surface area contributed by atoms with Gasteiger partial charge in [-0.2, -0.15) is 10.1 Å². The topological polar surface area (TPSA) is 81.6 Å². The summed E-state index contributed by atoms with van der Waals surface area (Å²) in [6.45, 7) is 2.02.